The molecular weight excluding hydrogens is 551 g/mol. The first-order valence-electron chi connectivity index (χ1n) is 10.4. The van der Waals surface area contributed by atoms with Gasteiger partial charge in [-0.25, -0.2) is 8.42 Å². The van der Waals surface area contributed by atoms with Gasteiger partial charge in [-0.3, -0.25) is 9.59 Å². The molecule has 3 aromatic rings. The minimum absolute atomic E-state index is 0.0553. The number of fused-ring (bicyclic) bond motifs is 1. The zero-order valence-corrected chi connectivity index (χ0v) is 21.2. The zero-order chi connectivity index (χ0) is 27.2. The molecule has 0 aliphatic rings. The van der Waals surface area contributed by atoms with Gasteiger partial charge in [0.1, 0.15) is 24.1 Å². The molecule has 0 radical (unpaired) electrons. The van der Waals surface area contributed by atoms with E-state index in [1.807, 2.05) is 4.72 Å². The third kappa shape index (κ3) is 7.88. The molecule has 8 N–H and O–H groups in total. The van der Waals surface area contributed by atoms with Gasteiger partial charge in [0.2, 0.25) is 16.0 Å². The van der Waals surface area contributed by atoms with Gasteiger partial charge in [-0.15, -0.1) is 0 Å². The van der Waals surface area contributed by atoms with Crippen molar-refractivity contribution in [3.8, 4) is 5.75 Å². The number of amides is 1. The maximum Gasteiger partial charge on any atom is 0.323 e. The fourth-order valence-electron chi connectivity index (χ4n) is 3.05. The number of hydrogen-bond donors (Lipinski definition) is 6. The van der Waals surface area contributed by atoms with Crippen molar-refractivity contribution in [3.63, 3.8) is 0 Å². The van der Waals surface area contributed by atoms with Crippen molar-refractivity contribution in [3.05, 3.63) is 58.2 Å². The monoisotopic (exact) mass is 572 g/mol. The molecule has 0 aliphatic carbocycles. The molecule has 13 nitrogen and oxygen atoms in total. The number of carbonyl (C=O) groups is 2. The van der Waals surface area contributed by atoms with E-state index in [4.69, 9.17) is 44.2 Å². The second-order valence-electron chi connectivity index (χ2n) is 7.46. The number of nitrogens with two attached hydrogens (primary N) is 2. The standard InChI is InChI=1S/C21H22Cl2N6O7S/c22-12-7-13(23)9-15(8-12)37(33,34)29-18(20(31)32)10-26-19(30)17-6-11-5-14(1-2-16(11)27-17)35-3-4-36-28-21(24)25/h1-2,5-9,18,27,29H,3-4,10H2,(H,26,30)(H,31,32)(H4,24,25,28). The van der Waals surface area contributed by atoms with Crippen LogP contribution in [0.2, 0.25) is 10.0 Å². The Morgan fingerprint density at radius 2 is 1.78 bits per heavy atom. The van der Waals surface area contributed by atoms with Gasteiger partial charge < -0.3 is 36.4 Å². The Hall–Kier alpha value is -3.72. The highest BCUT2D eigenvalue weighted by molar-refractivity contribution is 7.89. The first-order valence-corrected chi connectivity index (χ1v) is 12.6. The summed E-state index contributed by atoms with van der Waals surface area (Å²) in [6, 6.07) is 8.45. The SMILES string of the molecule is NC(N)=NOCCOc1ccc2[nH]c(C(=O)NCC(NS(=O)(=O)c3cc(Cl)cc(Cl)c3)C(=O)O)cc2c1. The van der Waals surface area contributed by atoms with Crippen LogP contribution in [0.5, 0.6) is 5.75 Å². The number of oxime groups is 1. The average Bonchev–Trinajstić information content (AvgIpc) is 3.24. The van der Waals surface area contributed by atoms with Gasteiger partial charge in [0.05, 0.1) is 4.90 Å². The Morgan fingerprint density at radius 3 is 2.43 bits per heavy atom. The van der Waals surface area contributed by atoms with E-state index in [9.17, 15) is 23.1 Å². The lowest BCUT2D eigenvalue weighted by Gasteiger charge is -2.15. The zero-order valence-electron chi connectivity index (χ0n) is 18.9. The molecule has 0 saturated heterocycles. The van der Waals surface area contributed by atoms with Gasteiger partial charge in [-0.05, 0) is 47.6 Å². The number of rotatable bonds is 12. The number of carboxylic acid groups (broad SMARTS) is 1. The molecule has 1 atom stereocenters. The third-order valence-corrected chi connectivity index (χ3v) is 6.55. The molecule has 0 aliphatic heterocycles. The van der Waals surface area contributed by atoms with Crippen LogP contribution < -0.4 is 26.2 Å². The van der Waals surface area contributed by atoms with Crippen LogP contribution in [0.3, 0.4) is 0 Å². The largest absolute Gasteiger partial charge is 0.490 e. The summed E-state index contributed by atoms with van der Waals surface area (Å²) < 4.78 is 32.8. The van der Waals surface area contributed by atoms with Gasteiger partial charge in [0.15, 0.2) is 6.61 Å². The van der Waals surface area contributed by atoms with Crippen LogP contribution in [-0.4, -0.2) is 62.1 Å². The number of halogens is 2. The number of guanidine groups is 1. The average molecular weight is 573 g/mol. The van der Waals surface area contributed by atoms with Gasteiger partial charge in [0.25, 0.3) is 5.91 Å². The van der Waals surface area contributed by atoms with E-state index in [-0.39, 0.29) is 39.8 Å². The minimum Gasteiger partial charge on any atom is -0.490 e. The van der Waals surface area contributed by atoms with E-state index < -0.39 is 34.5 Å². The lowest BCUT2D eigenvalue weighted by molar-refractivity contribution is -0.138. The summed E-state index contributed by atoms with van der Waals surface area (Å²) in [5.74, 6) is -1.87. The van der Waals surface area contributed by atoms with Crippen molar-refractivity contribution in [2.45, 2.75) is 10.9 Å². The maximum absolute atomic E-state index is 12.6. The number of hydrogen-bond acceptors (Lipinski definition) is 7. The summed E-state index contributed by atoms with van der Waals surface area (Å²) >= 11 is 11.7. The lowest BCUT2D eigenvalue weighted by Crippen LogP contribution is -2.48. The number of aliphatic carboxylic acids is 1. The van der Waals surface area contributed by atoms with Crippen LogP contribution in [0.15, 0.2) is 52.5 Å². The Balaban J connectivity index is 1.63. The molecule has 1 heterocycles. The van der Waals surface area contributed by atoms with Gasteiger partial charge in [-0.2, -0.15) is 4.72 Å². The number of aromatic amines is 1. The lowest BCUT2D eigenvalue weighted by atomic mass is 10.2. The molecule has 3 rings (SSSR count). The predicted octanol–water partition coefficient (Wildman–Crippen LogP) is 1.22. The smallest absolute Gasteiger partial charge is 0.323 e. The third-order valence-electron chi connectivity index (χ3n) is 4.66. The van der Waals surface area contributed by atoms with E-state index in [0.29, 0.717) is 16.7 Å². The first kappa shape index (κ1) is 27.9. The number of ether oxygens (including phenoxy) is 1. The Labute approximate surface area is 220 Å². The van der Waals surface area contributed by atoms with Crippen LogP contribution >= 0.6 is 23.2 Å². The summed E-state index contributed by atoms with van der Waals surface area (Å²) in [5.41, 5.74) is 11.0. The normalized spacial score (nSPS) is 12.1. The molecular formula is C21H22Cl2N6O7S. The highest BCUT2D eigenvalue weighted by Crippen LogP contribution is 2.23. The molecule has 1 unspecified atom stereocenters. The molecule has 198 valence electrons. The number of carboxylic acids is 1. The van der Waals surface area contributed by atoms with Crippen molar-refractivity contribution in [2.75, 3.05) is 19.8 Å². The fourth-order valence-corrected chi connectivity index (χ4v) is 4.96. The highest BCUT2D eigenvalue weighted by atomic mass is 35.5. The molecule has 0 spiro atoms. The quantitative estimate of drug-likeness (QED) is 0.0795. The molecule has 1 aromatic heterocycles. The second kappa shape index (κ2) is 12.0. The second-order valence-corrected chi connectivity index (χ2v) is 10.0. The molecule has 0 fully saturated rings. The van der Waals surface area contributed by atoms with Gasteiger partial charge in [0, 0.05) is 27.5 Å². The van der Waals surface area contributed by atoms with Gasteiger partial charge in [-0.1, -0.05) is 23.2 Å². The summed E-state index contributed by atoms with van der Waals surface area (Å²) in [6.45, 7) is -0.273. The predicted molar refractivity (Wildman–Crippen MR) is 136 cm³/mol. The number of nitrogens with one attached hydrogen (secondary N) is 3. The van der Waals surface area contributed by atoms with Crippen LogP contribution in [0.1, 0.15) is 10.5 Å². The van der Waals surface area contributed by atoms with E-state index in [2.05, 4.69) is 15.5 Å². The Kier molecular flexibility index (Phi) is 9.04. The summed E-state index contributed by atoms with van der Waals surface area (Å²) in [4.78, 5) is 31.7. The number of sulfonamides is 1. The van der Waals surface area contributed by atoms with Crippen LogP contribution in [0.25, 0.3) is 10.9 Å². The molecule has 0 bridgehead atoms. The van der Waals surface area contributed by atoms with Crippen molar-refractivity contribution in [1.82, 2.24) is 15.0 Å². The number of H-pyrrole nitrogens is 1. The Bertz CT molecular complexity index is 1420. The molecule has 16 heteroatoms. The summed E-state index contributed by atoms with van der Waals surface area (Å²) in [7, 11) is -4.30. The number of benzene rings is 2. The van der Waals surface area contributed by atoms with E-state index in [1.54, 1.807) is 18.2 Å². The van der Waals surface area contributed by atoms with E-state index in [1.165, 1.54) is 12.1 Å². The van der Waals surface area contributed by atoms with Crippen molar-refractivity contribution >= 4 is 62.0 Å². The molecule has 2 aromatic carbocycles. The summed E-state index contributed by atoms with van der Waals surface area (Å²) in [6.07, 6.45) is 0. The van der Waals surface area contributed by atoms with Crippen molar-refractivity contribution < 1.29 is 32.7 Å². The van der Waals surface area contributed by atoms with E-state index >= 15 is 0 Å². The van der Waals surface area contributed by atoms with Crippen molar-refractivity contribution in [1.29, 1.82) is 0 Å². The Morgan fingerprint density at radius 1 is 1.08 bits per heavy atom. The van der Waals surface area contributed by atoms with Crippen LogP contribution in [-0.2, 0) is 19.7 Å². The maximum atomic E-state index is 12.6. The van der Waals surface area contributed by atoms with E-state index in [0.717, 1.165) is 12.1 Å². The van der Waals surface area contributed by atoms with Crippen LogP contribution in [0, 0.1) is 0 Å². The number of nitrogens with zero attached hydrogens (tertiary/aromatic N) is 1. The topological polar surface area (TPSA) is 211 Å². The minimum atomic E-state index is -4.30. The van der Waals surface area contributed by atoms with Crippen molar-refractivity contribution in [2.24, 2.45) is 16.6 Å². The van der Waals surface area contributed by atoms with Crippen LogP contribution in [0.4, 0.5) is 0 Å². The number of carbonyl (C=O) groups excluding carboxylic acids is 1. The first-order chi connectivity index (χ1) is 17.4. The number of aromatic nitrogens is 1. The molecule has 1 amide bonds. The highest BCUT2D eigenvalue weighted by Gasteiger charge is 2.27. The fraction of sp³-hybridized carbons (Fsp3) is 0.190. The summed E-state index contributed by atoms with van der Waals surface area (Å²) in [5, 5.41) is 16.0. The molecule has 37 heavy (non-hydrogen) atoms. The van der Waals surface area contributed by atoms with Gasteiger partial charge >= 0.3 is 5.97 Å². The molecule has 0 saturated carbocycles.